The van der Waals surface area contributed by atoms with Gasteiger partial charge in [0, 0.05) is 12.8 Å². The van der Waals surface area contributed by atoms with Crippen LogP contribution in [0.1, 0.15) is 39.0 Å². The molecule has 0 N–H and O–H groups in total. The summed E-state index contributed by atoms with van der Waals surface area (Å²) in [7, 11) is 0. The molecule has 1 unspecified atom stereocenters. The summed E-state index contributed by atoms with van der Waals surface area (Å²) in [6.45, 7) is 1.93. The summed E-state index contributed by atoms with van der Waals surface area (Å²) in [5.74, 6) is -0.634. The van der Waals surface area contributed by atoms with E-state index in [-0.39, 0.29) is 12.1 Å². The third kappa shape index (κ3) is 1.33. The average Bonchev–Trinajstić information content (AvgIpc) is 2.33. The predicted molar refractivity (Wildman–Crippen MR) is 42.5 cm³/mol. The van der Waals surface area contributed by atoms with Gasteiger partial charge in [0.05, 0.1) is 12.5 Å². The lowest BCUT2D eigenvalue weighted by atomic mass is 10.1. The third-order valence-corrected chi connectivity index (χ3v) is 2.54. The van der Waals surface area contributed by atoms with E-state index in [0.717, 1.165) is 25.7 Å². The van der Waals surface area contributed by atoms with E-state index in [1.807, 2.05) is 6.92 Å². The molecule has 2 aliphatic rings. The molecular weight excluding hydrogens is 156 g/mol. The Balaban J connectivity index is 2.09. The monoisotopic (exact) mass is 170 g/mol. The van der Waals surface area contributed by atoms with Crippen LogP contribution in [0.15, 0.2) is 0 Å². The molecule has 1 atom stereocenters. The summed E-state index contributed by atoms with van der Waals surface area (Å²) in [6, 6.07) is 0. The van der Waals surface area contributed by atoms with Gasteiger partial charge in [-0.1, -0.05) is 0 Å². The molecule has 0 aromatic rings. The van der Waals surface area contributed by atoms with Gasteiger partial charge in [0.15, 0.2) is 0 Å². The molecule has 1 aliphatic carbocycles. The van der Waals surface area contributed by atoms with Gasteiger partial charge in [0.2, 0.25) is 5.79 Å². The maximum absolute atomic E-state index is 11.1. The largest absolute Gasteiger partial charge is 0.433 e. The van der Waals surface area contributed by atoms with Crippen molar-refractivity contribution in [2.24, 2.45) is 0 Å². The van der Waals surface area contributed by atoms with Crippen LogP contribution in [0.5, 0.6) is 0 Å². The van der Waals surface area contributed by atoms with E-state index in [1.165, 1.54) is 0 Å². The highest BCUT2D eigenvalue weighted by atomic mass is 16.7. The summed E-state index contributed by atoms with van der Waals surface area (Å²) < 4.78 is 10.9. The van der Waals surface area contributed by atoms with E-state index < -0.39 is 5.79 Å². The van der Waals surface area contributed by atoms with Crippen LogP contribution >= 0.6 is 0 Å². The Kier molecular flexibility index (Phi) is 1.83. The van der Waals surface area contributed by atoms with Gasteiger partial charge < -0.3 is 9.47 Å². The molecule has 2 rings (SSSR count). The zero-order valence-corrected chi connectivity index (χ0v) is 7.34. The smallest absolute Gasteiger partial charge is 0.310 e. The molecule has 2 fully saturated rings. The van der Waals surface area contributed by atoms with Crippen molar-refractivity contribution >= 4 is 5.97 Å². The van der Waals surface area contributed by atoms with E-state index in [9.17, 15) is 4.79 Å². The standard InChI is InChI=1S/C9H14O3/c1-7-6-8(10)12-9(11-7)4-2-3-5-9/h7H,2-6H2,1H3. The van der Waals surface area contributed by atoms with Crippen molar-refractivity contribution in [2.45, 2.75) is 50.9 Å². The molecule has 68 valence electrons. The van der Waals surface area contributed by atoms with Gasteiger partial charge in [-0.15, -0.1) is 0 Å². The van der Waals surface area contributed by atoms with E-state index in [2.05, 4.69) is 0 Å². The molecule has 1 saturated carbocycles. The Morgan fingerprint density at radius 3 is 2.67 bits per heavy atom. The van der Waals surface area contributed by atoms with Crippen molar-refractivity contribution in [1.29, 1.82) is 0 Å². The number of esters is 1. The normalized spacial score (nSPS) is 33.8. The van der Waals surface area contributed by atoms with Crippen LogP contribution in [0.4, 0.5) is 0 Å². The van der Waals surface area contributed by atoms with Crippen molar-refractivity contribution in [1.82, 2.24) is 0 Å². The predicted octanol–water partition coefficient (Wildman–Crippen LogP) is 1.61. The van der Waals surface area contributed by atoms with Crippen LogP contribution in [-0.4, -0.2) is 17.9 Å². The number of hydrogen-bond acceptors (Lipinski definition) is 3. The molecule has 1 spiro atoms. The van der Waals surface area contributed by atoms with Gasteiger partial charge in [0.1, 0.15) is 0 Å². The first-order valence-electron chi connectivity index (χ1n) is 4.60. The number of rotatable bonds is 0. The van der Waals surface area contributed by atoms with Crippen molar-refractivity contribution in [3.63, 3.8) is 0 Å². The maximum Gasteiger partial charge on any atom is 0.310 e. The van der Waals surface area contributed by atoms with Gasteiger partial charge >= 0.3 is 5.97 Å². The van der Waals surface area contributed by atoms with Crippen LogP contribution < -0.4 is 0 Å². The second-order valence-electron chi connectivity index (χ2n) is 3.72. The minimum absolute atomic E-state index is 0.0318. The highest BCUT2D eigenvalue weighted by Crippen LogP contribution is 2.38. The third-order valence-electron chi connectivity index (χ3n) is 2.54. The minimum Gasteiger partial charge on any atom is -0.433 e. The molecule has 3 nitrogen and oxygen atoms in total. The zero-order valence-electron chi connectivity index (χ0n) is 7.34. The summed E-state index contributed by atoms with van der Waals surface area (Å²) in [5, 5.41) is 0. The topological polar surface area (TPSA) is 35.5 Å². The molecule has 0 aromatic heterocycles. The van der Waals surface area contributed by atoms with E-state index in [0.29, 0.717) is 6.42 Å². The molecule has 1 saturated heterocycles. The van der Waals surface area contributed by atoms with Gasteiger partial charge in [-0.2, -0.15) is 0 Å². The Morgan fingerprint density at radius 1 is 1.42 bits per heavy atom. The first kappa shape index (κ1) is 8.05. The molecule has 1 heterocycles. The quantitative estimate of drug-likeness (QED) is 0.518. The average molecular weight is 170 g/mol. The number of hydrogen-bond donors (Lipinski definition) is 0. The van der Waals surface area contributed by atoms with Crippen LogP contribution in [-0.2, 0) is 14.3 Å². The van der Waals surface area contributed by atoms with Crippen LogP contribution in [0.25, 0.3) is 0 Å². The van der Waals surface area contributed by atoms with Gasteiger partial charge in [0.25, 0.3) is 0 Å². The van der Waals surface area contributed by atoms with Gasteiger partial charge in [-0.05, 0) is 19.8 Å². The Labute approximate surface area is 72.0 Å². The lowest BCUT2D eigenvalue weighted by molar-refractivity contribution is -0.267. The first-order valence-corrected chi connectivity index (χ1v) is 4.60. The number of carbonyl (C=O) groups excluding carboxylic acids is 1. The van der Waals surface area contributed by atoms with Gasteiger partial charge in [-0.3, -0.25) is 4.79 Å². The number of carbonyl (C=O) groups is 1. The molecule has 0 bridgehead atoms. The fraction of sp³-hybridized carbons (Fsp3) is 0.889. The van der Waals surface area contributed by atoms with E-state index in [4.69, 9.17) is 9.47 Å². The van der Waals surface area contributed by atoms with E-state index >= 15 is 0 Å². The van der Waals surface area contributed by atoms with Crippen LogP contribution in [0.2, 0.25) is 0 Å². The highest BCUT2D eigenvalue weighted by molar-refractivity contribution is 5.71. The second-order valence-corrected chi connectivity index (χ2v) is 3.72. The van der Waals surface area contributed by atoms with Crippen molar-refractivity contribution in [2.75, 3.05) is 0 Å². The summed E-state index contributed by atoms with van der Waals surface area (Å²) in [6.07, 6.45) is 4.41. The van der Waals surface area contributed by atoms with Gasteiger partial charge in [-0.25, -0.2) is 0 Å². The van der Waals surface area contributed by atoms with Crippen LogP contribution in [0.3, 0.4) is 0 Å². The molecule has 12 heavy (non-hydrogen) atoms. The second kappa shape index (κ2) is 2.73. The molecule has 0 radical (unpaired) electrons. The van der Waals surface area contributed by atoms with Crippen molar-refractivity contribution in [3.05, 3.63) is 0 Å². The Bertz CT molecular complexity index is 194. The summed E-state index contributed by atoms with van der Waals surface area (Å²) >= 11 is 0. The Morgan fingerprint density at radius 2 is 2.08 bits per heavy atom. The molecular formula is C9H14O3. The maximum atomic E-state index is 11.1. The fourth-order valence-corrected chi connectivity index (χ4v) is 2.05. The fourth-order valence-electron chi connectivity index (χ4n) is 2.05. The SMILES string of the molecule is CC1CC(=O)OC2(CCCC2)O1. The van der Waals surface area contributed by atoms with Crippen LogP contribution in [0, 0.1) is 0 Å². The number of ether oxygens (including phenoxy) is 2. The Hall–Kier alpha value is -0.570. The summed E-state index contributed by atoms with van der Waals surface area (Å²) in [5.41, 5.74) is 0. The van der Waals surface area contributed by atoms with Crippen molar-refractivity contribution in [3.8, 4) is 0 Å². The lowest BCUT2D eigenvalue weighted by Gasteiger charge is -2.36. The molecule has 0 aromatic carbocycles. The molecule has 0 amide bonds. The lowest BCUT2D eigenvalue weighted by Crippen LogP contribution is -2.43. The van der Waals surface area contributed by atoms with E-state index in [1.54, 1.807) is 0 Å². The zero-order chi connectivity index (χ0) is 8.60. The first-order chi connectivity index (χ1) is 5.70. The molecule has 3 heteroatoms. The minimum atomic E-state index is -0.533. The molecule has 1 aliphatic heterocycles. The summed E-state index contributed by atoms with van der Waals surface area (Å²) in [4.78, 5) is 11.1. The van der Waals surface area contributed by atoms with Crippen molar-refractivity contribution < 1.29 is 14.3 Å². The highest BCUT2D eigenvalue weighted by Gasteiger charge is 2.43.